The van der Waals surface area contributed by atoms with Crippen LogP contribution in [0.3, 0.4) is 0 Å². The number of hydrogen-bond acceptors (Lipinski definition) is 12. The number of aliphatic carboxylic acids is 1. The van der Waals surface area contributed by atoms with Gasteiger partial charge in [0.15, 0.2) is 17.2 Å². The minimum Gasteiger partial charge on any atom is -0.480 e. The number of rotatable bonds is 8. The van der Waals surface area contributed by atoms with E-state index in [-0.39, 0.29) is 29.5 Å². The van der Waals surface area contributed by atoms with Gasteiger partial charge in [-0.25, -0.2) is 9.78 Å². The molecule has 1 aromatic carbocycles. The van der Waals surface area contributed by atoms with Gasteiger partial charge in [0.2, 0.25) is 5.95 Å². The van der Waals surface area contributed by atoms with Crippen LogP contribution in [-0.2, 0) is 9.53 Å². The Morgan fingerprint density at radius 2 is 2.07 bits per heavy atom. The number of hydrogen-bond donors (Lipinski definition) is 5. The van der Waals surface area contributed by atoms with Crippen molar-refractivity contribution in [1.82, 2.24) is 30.2 Å². The molecule has 5 rings (SSSR count). The molecule has 5 N–H and O–H groups in total. The molecule has 224 valence electrons. The van der Waals surface area contributed by atoms with Crippen molar-refractivity contribution in [3.05, 3.63) is 34.6 Å². The smallest absolute Gasteiger partial charge is 0.407 e. The number of alkyl carbamates (subject to hydrolysis) is 1. The quantitative estimate of drug-likeness (QED) is 0.249. The molecular formula is C27H30ClN11O4. The Morgan fingerprint density at radius 3 is 2.77 bits per heavy atom. The topological polar surface area (TPSA) is 206 Å². The molecule has 4 atom stereocenters. The highest BCUT2D eigenvalue weighted by molar-refractivity contribution is 6.36. The number of nitriles is 2. The van der Waals surface area contributed by atoms with Crippen LogP contribution < -0.4 is 26.2 Å². The molecule has 3 aromatic rings. The third kappa shape index (κ3) is 5.90. The summed E-state index contributed by atoms with van der Waals surface area (Å²) in [6.45, 7) is 3.86. The van der Waals surface area contributed by atoms with Gasteiger partial charge in [-0.3, -0.25) is 4.79 Å². The van der Waals surface area contributed by atoms with E-state index in [1.54, 1.807) is 12.1 Å². The number of carbonyl (C=O) groups is 2. The van der Waals surface area contributed by atoms with Gasteiger partial charge in [-0.05, 0) is 44.4 Å². The van der Waals surface area contributed by atoms with E-state index in [2.05, 4.69) is 48.5 Å². The number of anilines is 4. The van der Waals surface area contributed by atoms with Crippen LogP contribution >= 0.6 is 11.6 Å². The van der Waals surface area contributed by atoms with Crippen LogP contribution in [-0.4, -0.2) is 82.1 Å². The predicted octanol–water partition coefficient (Wildman–Crippen LogP) is 2.31. The number of halogens is 1. The lowest BCUT2D eigenvalue weighted by Crippen LogP contribution is -2.56. The molecule has 2 fully saturated rings. The summed E-state index contributed by atoms with van der Waals surface area (Å²) in [5, 5.41) is 46.1. The molecule has 2 aliphatic rings. The Hall–Kier alpha value is -4.86. The summed E-state index contributed by atoms with van der Waals surface area (Å²) in [4.78, 5) is 34.9. The van der Waals surface area contributed by atoms with E-state index < -0.39 is 18.1 Å². The second-order valence-electron chi connectivity index (χ2n) is 10.3. The summed E-state index contributed by atoms with van der Waals surface area (Å²) < 4.78 is 6.20. The van der Waals surface area contributed by atoms with E-state index >= 15 is 0 Å². The lowest BCUT2D eigenvalue weighted by Gasteiger charge is -2.43. The Morgan fingerprint density at radius 1 is 1.26 bits per heavy atom. The maximum absolute atomic E-state index is 12.1. The number of methoxy groups -OCH3 is 1. The van der Waals surface area contributed by atoms with Crippen molar-refractivity contribution in [2.45, 2.75) is 31.8 Å². The number of fused-ring (bicyclic) bond motifs is 1. The van der Waals surface area contributed by atoms with Crippen molar-refractivity contribution in [3.63, 3.8) is 0 Å². The standard InChI is InChI=1S/C27H30ClN11O4/c1-3-31-23-24-33-12-15(11-30)39(24)37-26(36-23)34-19-8-14(10-29)9-20(21(19)28)38-7-5-18(35-27(42)43-2)17(13-38)16-4-6-32-22(16)25(40)41/h8-9,12,16-18,22,32H,3-7,13H2,1-2H3,(H,35,42)(H,40,41)(H2,31,34,36,37)/t16-,17?,18-,22+/m1/s1. The zero-order valence-electron chi connectivity index (χ0n) is 23.5. The van der Waals surface area contributed by atoms with Gasteiger partial charge < -0.3 is 36.0 Å². The van der Waals surface area contributed by atoms with Crippen molar-refractivity contribution < 1.29 is 19.4 Å². The van der Waals surface area contributed by atoms with E-state index in [1.807, 2.05) is 11.8 Å². The van der Waals surface area contributed by atoms with Crippen molar-refractivity contribution in [1.29, 1.82) is 10.5 Å². The molecule has 2 aliphatic heterocycles. The number of piperidine rings is 1. The predicted molar refractivity (Wildman–Crippen MR) is 156 cm³/mol. The van der Waals surface area contributed by atoms with Crippen molar-refractivity contribution in [3.8, 4) is 12.1 Å². The van der Waals surface area contributed by atoms with E-state index in [0.29, 0.717) is 72.4 Å². The number of nitrogens with one attached hydrogen (secondary N) is 4. The average molecular weight is 608 g/mol. The highest BCUT2D eigenvalue weighted by Crippen LogP contribution is 2.40. The SMILES string of the molecule is CCNc1nc(Nc2cc(C#N)cc(N3CC[C@@H](NC(=O)OC)C([C@H]4CCN[C@@H]4C(=O)O)C3)c2Cl)nn2c(C#N)cnc12. The van der Waals surface area contributed by atoms with Gasteiger partial charge in [-0.15, -0.1) is 5.10 Å². The Kier molecular flexibility index (Phi) is 8.66. The van der Waals surface area contributed by atoms with Crippen molar-refractivity contribution in [2.24, 2.45) is 11.8 Å². The minimum atomic E-state index is -0.946. The number of amides is 1. The lowest BCUT2D eigenvalue weighted by atomic mass is 9.77. The average Bonchev–Trinajstić information content (AvgIpc) is 3.66. The van der Waals surface area contributed by atoms with Crippen LogP contribution in [0.1, 0.15) is 31.0 Å². The van der Waals surface area contributed by atoms with Gasteiger partial charge in [0.1, 0.15) is 12.1 Å². The highest BCUT2D eigenvalue weighted by Gasteiger charge is 2.44. The number of benzene rings is 1. The molecule has 0 saturated carbocycles. The Bertz CT molecular complexity index is 1630. The second kappa shape index (κ2) is 12.6. The summed E-state index contributed by atoms with van der Waals surface area (Å²) in [5.41, 5.74) is 1.86. The first kappa shape index (κ1) is 29.6. The third-order valence-corrected chi connectivity index (χ3v) is 8.22. The first-order chi connectivity index (χ1) is 20.8. The van der Waals surface area contributed by atoms with E-state index in [4.69, 9.17) is 16.3 Å². The van der Waals surface area contributed by atoms with Gasteiger partial charge in [0.05, 0.1) is 41.3 Å². The highest BCUT2D eigenvalue weighted by atomic mass is 35.5. The second-order valence-corrected chi connectivity index (χ2v) is 10.6. The number of aromatic nitrogens is 4. The third-order valence-electron chi connectivity index (χ3n) is 7.82. The molecule has 0 aliphatic carbocycles. The fraction of sp³-hybridized carbons (Fsp3) is 0.444. The molecule has 0 bridgehead atoms. The van der Waals surface area contributed by atoms with Crippen LogP contribution in [0.25, 0.3) is 5.65 Å². The van der Waals surface area contributed by atoms with Crippen LogP contribution in [0.15, 0.2) is 18.3 Å². The number of carboxylic acids is 1. The summed E-state index contributed by atoms with van der Waals surface area (Å²) in [6.07, 6.45) is 1.95. The summed E-state index contributed by atoms with van der Waals surface area (Å²) in [6, 6.07) is 6.40. The zero-order chi connectivity index (χ0) is 30.7. The normalized spacial score (nSPS) is 21.6. The summed E-state index contributed by atoms with van der Waals surface area (Å²) >= 11 is 6.95. The maximum atomic E-state index is 12.1. The molecule has 0 radical (unpaired) electrons. The molecule has 0 spiro atoms. The monoisotopic (exact) mass is 607 g/mol. The molecule has 16 heteroatoms. The summed E-state index contributed by atoms with van der Waals surface area (Å²) in [7, 11) is 1.29. The largest absolute Gasteiger partial charge is 0.480 e. The maximum Gasteiger partial charge on any atom is 0.407 e. The Balaban J connectivity index is 1.50. The van der Waals surface area contributed by atoms with Crippen molar-refractivity contribution in [2.75, 3.05) is 48.8 Å². The molecule has 1 unspecified atom stereocenters. The van der Waals surface area contributed by atoms with Crippen LogP contribution in [0.5, 0.6) is 0 Å². The molecule has 2 saturated heterocycles. The van der Waals surface area contributed by atoms with Crippen LogP contribution in [0, 0.1) is 34.5 Å². The van der Waals surface area contributed by atoms with Gasteiger partial charge in [-0.1, -0.05) is 11.6 Å². The molecule has 1 amide bonds. The molecule has 2 aromatic heterocycles. The molecule has 4 heterocycles. The van der Waals surface area contributed by atoms with Crippen LogP contribution in [0.2, 0.25) is 5.02 Å². The fourth-order valence-corrected chi connectivity index (χ4v) is 6.17. The number of carboxylic acid groups (broad SMARTS) is 1. The summed E-state index contributed by atoms with van der Waals surface area (Å²) in [5.74, 6) is -0.913. The number of nitrogens with zero attached hydrogens (tertiary/aromatic N) is 7. The number of carbonyl (C=O) groups excluding carboxylic acids is 1. The first-order valence-electron chi connectivity index (χ1n) is 13.7. The molecular weight excluding hydrogens is 578 g/mol. The first-order valence-corrected chi connectivity index (χ1v) is 14.1. The number of ether oxygens (including phenoxy) is 1. The van der Waals surface area contributed by atoms with E-state index in [9.17, 15) is 25.2 Å². The van der Waals surface area contributed by atoms with Crippen LogP contribution in [0.4, 0.5) is 27.9 Å². The zero-order valence-corrected chi connectivity index (χ0v) is 24.2. The number of imidazole rings is 1. The van der Waals surface area contributed by atoms with E-state index in [1.165, 1.54) is 17.8 Å². The van der Waals surface area contributed by atoms with Gasteiger partial charge >= 0.3 is 12.1 Å². The fourth-order valence-electron chi connectivity index (χ4n) is 5.89. The lowest BCUT2D eigenvalue weighted by molar-refractivity contribution is -0.140. The van der Waals surface area contributed by atoms with Crippen molar-refractivity contribution >= 4 is 52.5 Å². The Labute approximate surface area is 251 Å². The minimum absolute atomic E-state index is 0.126. The molecule has 15 nitrogen and oxygen atoms in total. The van der Waals surface area contributed by atoms with Gasteiger partial charge in [0, 0.05) is 31.6 Å². The van der Waals surface area contributed by atoms with Gasteiger partial charge in [-0.2, -0.15) is 20.0 Å². The van der Waals surface area contributed by atoms with E-state index in [0.717, 1.165) is 0 Å². The molecule has 43 heavy (non-hydrogen) atoms. The van der Waals surface area contributed by atoms with Gasteiger partial charge in [0.25, 0.3) is 0 Å².